The Hall–Kier alpha value is -3.20. The molecule has 4 aromatic heterocycles. The Labute approximate surface area is 238 Å². The lowest BCUT2D eigenvalue weighted by molar-refractivity contribution is -0.0529. The van der Waals surface area contributed by atoms with Crippen LogP contribution in [0.1, 0.15) is 6.23 Å². The van der Waals surface area contributed by atoms with E-state index < -0.39 is 74.7 Å². The number of nitrogens with two attached hydrogens (primary N) is 2. The number of aliphatic hydroxyl groups excluding tert-OH is 2. The molecule has 8 atom stereocenters. The fourth-order valence-corrected chi connectivity index (χ4v) is 6.37. The van der Waals surface area contributed by atoms with E-state index in [0.717, 1.165) is 21.8 Å². The van der Waals surface area contributed by atoms with Gasteiger partial charge in [-0.25, -0.2) is 23.7 Å². The number of nitrogens with one attached hydrogen (secondary N) is 1. The number of alkyl halides is 2. The van der Waals surface area contributed by atoms with Gasteiger partial charge in [0.1, 0.15) is 48.8 Å². The number of fused-ring (bicyclic) bond motifs is 2. The number of aromatic amines is 1. The Balaban J connectivity index is 1.19. The van der Waals surface area contributed by atoms with Crippen LogP contribution < -0.4 is 17.0 Å². The van der Waals surface area contributed by atoms with Crippen LogP contribution in [0.25, 0.3) is 22.2 Å². The van der Waals surface area contributed by atoms with Gasteiger partial charge in [0, 0.05) is 6.20 Å². The summed E-state index contributed by atoms with van der Waals surface area (Å²) < 4.78 is 55.3. The first-order chi connectivity index (χ1) is 19.9. The summed E-state index contributed by atoms with van der Waals surface area (Å²) in [6.07, 6.45) is -6.08. The summed E-state index contributed by atoms with van der Waals surface area (Å²) in [5.74, 6) is -2.63. The molecule has 21 heteroatoms. The minimum absolute atomic E-state index is 0.0841. The van der Waals surface area contributed by atoms with E-state index in [9.17, 15) is 19.9 Å². The van der Waals surface area contributed by atoms with Crippen molar-refractivity contribution in [2.24, 2.45) is 0 Å². The van der Waals surface area contributed by atoms with Crippen molar-refractivity contribution >= 4 is 52.5 Å². The Bertz CT molecular complexity index is 1760. The van der Waals surface area contributed by atoms with Crippen LogP contribution in [0.4, 0.5) is 20.5 Å². The first kappa shape index (κ1) is 28.9. The average Bonchev–Trinajstić information content (AvgIpc) is 3.70. The number of aliphatic hydroxyl groups is 2. The minimum Gasteiger partial charge on any atom is -0.394 e. The van der Waals surface area contributed by atoms with Crippen molar-refractivity contribution in [1.82, 2.24) is 34.1 Å². The summed E-state index contributed by atoms with van der Waals surface area (Å²) in [5.41, 5.74) is 10.7. The molecule has 0 aliphatic carbocycles. The van der Waals surface area contributed by atoms with Gasteiger partial charge in [0.05, 0.1) is 24.9 Å². The highest BCUT2D eigenvalue weighted by Gasteiger charge is 2.53. The molecule has 6 heterocycles. The minimum atomic E-state index is -4.33. The Morgan fingerprint density at radius 3 is 2.83 bits per heavy atom. The first-order valence-electron chi connectivity index (χ1n) is 12.3. The van der Waals surface area contributed by atoms with Gasteiger partial charge in [-0.15, -0.1) is 0 Å². The summed E-state index contributed by atoms with van der Waals surface area (Å²) in [7, 11) is 0. The van der Waals surface area contributed by atoms with Crippen LogP contribution in [0.5, 0.6) is 0 Å². The number of halogens is 2. The Kier molecular flexibility index (Phi) is 7.23. The van der Waals surface area contributed by atoms with E-state index in [1.165, 1.54) is 12.3 Å². The molecule has 0 radical (unpaired) electrons. The Morgan fingerprint density at radius 1 is 1.29 bits per heavy atom. The number of ether oxygens (including phenoxy) is 2. The number of nitrogens with zero attached hydrogens (tertiary/aromatic N) is 6. The summed E-state index contributed by atoms with van der Waals surface area (Å²) in [4.78, 5) is 41.1. The average molecular weight is 632 g/mol. The van der Waals surface area contributed by atoms with E-state index in [4.69, 9.17) is 41.8 Å². The smallest absolute Gasteiger partial charge is 0.325 e. The zero-order valence-electron chi connectivity index (χ0n) is 21.2. The van der Waals surface area contributed by atoms with Gasteiger partial charge >= 0.3 is 6.72 Å². The van der Waals surface area contributed by atoms with Gasteiger partial charge in [0.2, 0.25) is 11.7 Å². The molecule has 0 bridgehead atoms. The predicted molar refractivity (Wildman–Crippen MR) is 143 cm³/mol. The molecule has 2 aliphatic heterocycles. The fourth-order valence-electron chi connectivity index (χ4n) is 4.97. The molecule has 0 saturated carbocycles. The fraction of sp³-hybridized carbons (Fsp3) is 0.476. The molecule has 6 rings (SSSR count). The van der Waals surface area contributed by atoms with Crippen molar-refractivity contribution in [3.8, 4) is 0 Å². The second kappa shape index (κ2) is 10.5. The van der Waals surface area contributed by atoms with Gasteiger partial charge in [-0.3, -0.25) is 23.4 Å². The maximum absolute atomic E-state index is 16.0. The third-order valence-electron chi connectivity index (χ3n) is 7.04. The van der Waals surface area contributed by atoms with Crippen LogP contribution in [-0.2, 0) is 36.1 Å². The summed E-state index contributed by atoms with van der Waals surface area (Å²) in [6, 6.07) is 1.49. The van der Waals surface area contributed by atoms with Crippen LogP contribution in [-0.4, -0.2) is 99.6 Å². The van der Waals surface area contributed by atoms with E-state index >= 15 is 8.78 Å². The lowest BCUT2D eigenvalue weighted by atomic mass is 10.1. The molecule has 42 heavy (non-hydrogen) atoms. The van der Waals surface area contributed by atoms with Crippen molar-refractivity contribution in [2.45, 2.75) is 42.6 Å². The van der Waals surface area contributed by atoms with Crippen molar-refractivity contribution in [3.05, 3.63) is 35.3 Å². The number of imidazole rings is 1. The molecule has 2 fully saturated rings. The number of anilines is 2. The molecular weight excluding hydrogens is 607 g/mol. The van der Waals surface area contributed by atoms with Gasteiger partial charge < -0.3 is 40.6 Å². The van der Waals surface area contributed by atoms with Gasteiger partial charge in [0.15, 0.2) is 23.6 Å². The SMILES string of the molecule is Nc1nc2c(ncn2[C@@H]2O[C@H](CO)[C@@H](F)[C@H]2OP(O)(=S)OC[C@H]2OC[C@@](F)(n3ccc4c(N)ncnc43)[C@@H]2O)c(=O)[nH]1. The van der Waals surface area contributed by atoms with Crippen LogP contribution in [0, 0.1) is 0 Å². The molecule has 4 aromatic rings. The third kappa shape index (κ3) is 4.74. The number of nitrogen functional groups attached to an aromatic ring is 2. The highest BCUT2D eigenvalue weighted by atomic mass is 32.5. The summed E-state index contributed by atoms with van der Waals surface area (Å²) in [6.45, 7) is -6.35. The largest absolute Gasteiger partial charge is 0.394 e. The molecule has 8 N–H and O–H groups in total. The predicted octanol–water partition coefficient (Wildman–Crippen LogP) is -1.04. The van der Waals surface area contributed by atoms with Crippen molar-refractivity contribution in [3.63, 3.8) is 0 Å². The second-order valence-electron chi connectivity index (χ2n) is 9.60. The second-order valence-corrected chi connectivity index (χ2v) is 12.4. The van der Waals surface area contributed by atoms with Crippen molar-refractivity contribution in [1.29, 1.82) is 0 Å². The molecule has 17 nitrogen and oxygen atoms in total. The van der Waals surface area contributed by atoms with Gasteiger partial charge in [0.25, 0.3) is 5.56 Å². The standard InChI is InChI=1S/C21H24F2N9O8PS/c22-11-9(3-33)39-19(31-7-28-12-17(31)29-20(25)30-18(12)35)13(11)40-41(36,42)38-4-10-14(34)21(23,5-37-10)32-2-1-8-15(24)26-6-27-16(8)32/h1-2,6-7,9-11,13-14,19,33-34H,3-5H2,(H,36,42)(H2,24,26,27)(H3,25,29,30,35)/t9-,10-,11-,13-,14-,19-,21-,41?/m1/s1. The van der Waals surface area contributed by atoms with Crippen LogP contribution in [0.2, 0.25) is 0 Å². The maximum Gasteiger partial charge on any atom is 0.325 e. The number of H-pyrrole nitrogens is 1. The number of hydrogen-bond donors (Lipinski definition) is 6. The monoisotopic (exact) mass is 631 g/mol. The highest BCUT2D eigenvalue weighted by molar-refractivity contribution is 8.07. The van der Waals surface area contributed by atoms with Gasteiger partial charge in [-0.1, -0.05) is 0 Å². The number of hydrogen-bond acceptors (Lipinski definition) is 14. The number of rotatable bonds is 8. The zero-order valence-corrected chi connectivity index (χ0v) is 22.9. The molecule has 0 aromatic carbocycles. The third-order valence-corrected chi connectivity index (χ3v) is 8.60. The van der Waals surface area contributed by atoms with E-state index in [2.05, 4.69) is 24.9 Å². The normalized spacial score (nSPS) is 31.3. The van der Waals surface area contributed by atoms with Gasteiger partial charge in [-0.2, -0.15) is 4.98 Å². The molecular formula is C21H24F2N9O8PS. The van der Waals surface area contributed by atoms with E-state index in [1.807, 2.05) is 0 Å². The number of aromatic nitrogens is 7. The molecule has 0 spiro atoms. The lowest BCUT2D eigenvalue weighted by Gasteiger charge is -2.28. The molecule has 2 saturated heterocycles. The highest BCUT2D eigenvalue weighted by Crippen LogP contribution is 2.51. The van der Waals surface area contributed by atoms with Crippen LogP contribution in [0.15, 0.2) is 29.7 Å². The summed E-state index contributed by atoms with van der Waals surface area (Å²) >= 11 is 5.07. The van der Waals surface area contributed by atoms with Crippen LogP contribution >= 0.6 is 6.72 Å². The lowest BCUT2D eigenvalue weighted by Crippen LogP contribution is -2.43. The zero-order chi connectivity index (χ0) is 30.0. The molecule has 2 aliphatic rings. The summed E-state index contributed by atoms with van der Waals surface area (Å²) in [5, 5.41) is 20.8. The van der Waals surface area contributed by atoms with Crippen molar-refractivity contribution < 1.29 is 42.4 Å². The topological polar surface area (TPSA) is 244 Å². The van der Waals surface area contributed by atoms with Crippen LogP contribution in [0.3, 0.4) is 0 Å². The van der Waals surface area contributed by atoms with Gasteiger partial charge in [-0.05, 0) is 17.9 Å². The quantitative estimate of drug-likeness (QED) is 0.127. The molecule has 0 amide bonds. The van der Waals surface area contributed by atoms with E-state index in [0.29, 0.717) is 5.39 Å². The first-order valence-corrected chi connectivity index (χ1v) is 14.9. The van der Waals surface area contributed by atoms with Crippen molar-refractivity contribution in [2.75, 3.05) is 31.3 Å². The van der Waals surface area contributed by atoms with E-state index in [-0.39, 0.29) is 28.6 Å². The van der Waals surface area contributed by atoms with E-state index in [1.54, 1.807) is 0 Å². The Morgan fingerprint density at radius 2 is 2.07 bits per heavy atom. The molecule has 226 valence electrons. The molecule has 1 unspecified atom stereocenters. The maximum atomic E-state index is 16.0.